The number of carbonyl (C=O) groups is 1. The summed E-state index contributed by atoms with van der Waals surface area (Å²) in [5.74, 6) is -1.36. The molecule has 3 aromatic rings. The van der Waals surface area contributed by atoms with E-state index in [1.807, 2.05) is 0 Å². The second-order valence-corrected chi connectivity index (χ2v) is 11.3. The van der Waals surface area contributed by atoms with Gasteiger partial charge in [0, 0.05) is 5.92 Å². The van der Waals surface area contributed by atoms with E-state index in [1.165, 1.54) is 36.0 Å². The van der Waals surface area contributed by atoms with Crippen molar-refractivity contribution in [2.45, 2.75) is 36.9 Å². The van der Waals surface area contributed by atoms with Crippen LogP contribution in [0.15, 0.2) is 48.8 Å². The molecule has 0 amide bonds. The molecule has 2 aromatic heterocycles. The van der Waals surface area contributed by atoms with Crippen molar-refractivity contribution in [1.82, 2.24) is 19.7 Å². The number of para-hydroxylation sites is 1. The van der Waals surface area contributed by atoms with Crippen molar-refractivity contribution in [2.75, 3.05) is 32.2 Å². The fourth-order valence-electron chi connectivity index (χ4n) is 4.14. The Morgan fingerprint density at radius 3 is 2.64 bits per heavy atom. The lowest BCUT2D eigenvalue weighted by molar-refractivity contribution is -0.147. The zero-order valence-corrected chi connectivity index (χ0v) is 23.3. The molecule has 1 unspecified atom stereocenters. The van der Waals surface area contributed by atoms with Crippen molar-refractivity contribution in [3.05, 3.63) is 54.5 Å². The number of fused-ring (bicyclic) bond motifs is 1. The van der Waals surface area contributed by atoms with E-state index in [0.29, 0.717) is 5.52 Å². The number of rotatable bonds is 13. The molecule has 0 bridgehead atoms. The topological polar surface area (TPSA) is 244 Å². The Morgan fingerprint density at radius 1 is 1.26 bits per heavy atom. The number of carbonyl (C=O) groups excluding carboxylic acids is 1. The van der Waals surface area contributed by atoms with Crippen molar-refractivity contribution in [2.24, 2.45) is 5.92 Å². The van der Waals surface area contributed by atoms with E-state index in [4.69, 9.17) is 24.3 Å². The number of nitrogens with one attached hydrogen (secondary N) is 1. The molecule has 1 aromatic carbocycles. The number of nitrogen functional groups attached to an aromatic ring is 1. The van der Waals surface area contributed by atoms with Gasteiger partial charge in [0.2, 0.25) is 5.60 Å². The third-order valence-electron chi connectivity index (χ3n) is 6.54. The average Bonchev–Trinajstić information content (AvgIpc) is 3.52. The molecule has 17 heteroatoms. The van der Waals surface area contributed by atoms with E-state index in [0.717, 1.165) is 0 Å². The minimum absolute atomic E-state index is 0.0864. The van der Waals surface area contributed by atoms with Crippen LogP contribution in [0.5, 0.6) is 5.75 Å². The van der Waals surface area contributed by atoms with E-state index >= 15 is 0 Å². The zero-order chi connectivity index (χ0) is 30.5. The van der Waals surface area contributed by atoms with Crippen LogP contribution in [0.3, 0.4) is 0 Å². The Bertz CT molecular complexity index is 1460. The third-order valence-corrected chi connectivity index (χ3v) is 8.17. The maximum absolute atomic E-state index is 13.9. The van der Waals surface area contributed by atoms with Gasteiger partial charge in [-0.15, -0.1) is 0 Å². The molecule has 1 saturated heterocycles. The Hall–Kier alpha value is -3.65. The molecule has 4 rings (SSSR count). The highest BCUT2D eigenvalue weighted by Gasteiger charge is 2.57. The molecule has 42 heavy (non-hydrogen) atoms. The maximum atomic E-state index is 13.9. The van der Waals surface area contributed by atoms with Gasteiger partial charge in [-0.05, 0) is 31.2 Å². The van der Waals surface area contributed by atoms with Crippen LogP contribution in [0.2, 0.25) is 0 Å². The summed E-state index contributed by atoms with van der Waals surface area (Å²) in [6, 6.07) is 11.4. The summed E-state index contributed by atoms with van der Waals surface area (Å²) in [6.07, 6.45) is -3.56. The van der Waals surface area contributed by atoms with E-state index in [9.17, 15) is 35.0 Å². The smallest absolute Gasteiger partial charge is 0.459 e. The van der Waals surface area contributed by atoms with Crippen LogP contribution >= 0.6 is 7.75 Å². The number of aliphatic hydroxyl groups excluding tert-OH is 4. The molecule has 0 aliphatic carbocycles. The Morgan fingerprint density at radius 2 is 1.98 bits per heavy atom. The molecular formula is C25H31N6O10P. The van der Waals surface area contributed by atoms with Gasteiger partial charge in [0.25, 0.3) is 0 Å². The predicted molar refractivity (Wildman–Crippen MR) is 143 cm³/mol. The van der Waals surface area contributed by atoms with Crippen LogP contribution in [-0.4, -0.2) is 91.3 Å². The van der Waals surface area contributed by atoms with E-state index < -0.39 is 69.4 Å². The Labute approximate surface area is 239 Å². The summed E-state index contributed by atoms with van der Waals surface area (Å²) in [5, 5.41) is 56.8. The SMILES string of the molecule is C[C@H](NP(=O)(OC[C@@]1(C#N)O[C@@H](c2ccc3c(N)ncnn23)[C@H](O)[C@@H]1O)Oc1ccccc1)C(=O)OCC(CO)CO. The summed E-state index contributed by atoms with van der Waals surface area (Å²) in [4.78, 5) is 16.4. The number of hydrogen-bond donors (Lipinski definition) is 6. The van der Waals surface area contributed by atoms with Crippen LogP contribution in [-0.2, 0) is 23.4 Å². The van der Waals surface area contributed by atoms with Crippen molar-refractivity contribution in [1.29, 1.82) is 5.26 Å². The minimum atomic E-state index is -4.51. The minimum Gasteiger partial charge on any atom is -0.464 e. The number of aliphatic hydroxyl groups is 4. The van der Waals surface area contributed by atoms with Gasteiger partial charge in [0.05, 0.1) is 25.5 Å². The number of aromatic nitrogens is 3. The number of hydrogen-bond acceptors (Lipinski definition) is 14. The largest absolute Gasteiger partial charge is 0.464 e. The van der Waals surface area contributed by atoms with Crippen molar-refractivity contribution in [3.63, 3.8) is 0 Å². The van der Waals surface area contributed by atoms with Gasteiger partial charge in [0.15, 0.2) is 5.82 Å². The normalized spacial score (nSPS) is 24.3. The van der Waals surface area contributed by atoms with Crippen LogP contribution in [0, 0.1) is 17.2 Å². The van der Waals surface area contributed by atoms with Gasteiger partial charge in [-0.1, -0.05) is 18.2 Å². The van der Waals surface area contributed by atoms with Gasteiger partial charge in [-0.25, -0.2) is 14.1 Å². The standard InChI is InChI=1S/C25H31N6O10P/c1-15(24(36)38-11-16(9-32)10-33)30-42(37,41-17-5-3-2-4-6-17)39-13-25(12-26)22(35)20(34)21(40-25)18-7-8-19-23(27)28-14-29-31(18)19/h2-8,14-16,20-22,32-35H,9-11,13H2,1H3,(H,30,37)(H2,27,28,29)/t15-,20-,21-,22-,25+,42?/m0/s1. The lowest BCUT2D eigenvalue weighted by Crippen LogP contribution is -2.46. The Kier molecular flexibility index (Phi) is 9.77. The summed E-state index contributed by atoms with van der Waals surface area (Å²) in [6.45, 7) is -0.700. The fourth-order valence-corrected chi connectivity index (χ4v) is 5.67. The second kappa shape index (κ2) is 13.1. The first kappa shape index (κ1) is 31.3. The first-order valence-corrected chi connectivity index (χ1v) is 14.3. The quantitative estimate of drug-likeness (QED) is 0.108. The molecule has 1 aliphatic rings. The summed E-state index contributed by atoms with van der Waals surface area (Å²) in [5.41, 5.74) is 4.30. The van der Waals surface area contributed by atoms with Crippen molar-refractivity contribution < 1.29 is 48.3 Å². The molecule has 7 N–H and O–H groups in total. The number of nitrogens with two attached hydrogens (primary N) is 1. The molecule has 0 radical (unpaired) electrons. The Balaban J connectivity index is 1.55. The first-order chi connectivity index (χ1) is 20.1. The van der Waals surface area contributed by atoms with Gasteiger partial charge in [-0.2, -0.15) is 15.4 Å². The molecule has 0 spiro atoms. The monoisotopic (exact) mass is 606 g/mol. The predicted octanol–water partition coefficient (Wildman–Crippen LogP) is -0.307. The molecule has 6 atom stereocenters. The molecule has 226 valence electrons. The number of anilines is 1. The number of nitrogens with zero attached hydrogens (tertiary/aromatic N) is 4. The maximum Gasteiger partial charge on any atom is 0.459 e. The number of ether oxygens (including phenoxy) is 2. The summed E-state index contributed by atoms with van der Waals surface area (Å²) < 4.78 is 37.3. The molecule has 16 nitrogen and oxygen atoms in total. The molecule has 1 fully saturated rings. The molecule has 0 saturated carbocycles. The van der Waals surface area contributed by atoms with Gasteiger partial charge < -0.3 is 40.2 Å². The lowest BCUT2D eigenvalue weighted by atomic mass is 9.96. The van der Waals surface area contributed by atoms with Gasteiger partial charge in [0.1, 0.15) is 54.6 Å². The highest BCUT2D eigenvalue weighted by atomic mass is 31.2. The second-order valence-electron chi connectivity index (χ2n) is 9.56. The fraction of sp³-hybridized carbons (Fsp3) is 0.440. The zero-order valence-electron chi connectivity index (χ0n) is 22.4. The van der Waals surface area contributed by atoms with Crippen LogP contribution in [0.4, 0.5) is 5.82 Å². The van der Waals surface area contributed by atoms with Crippen LogP contribution in [0.25, 0.3) is 5.52 Å². The van der Waals surface area contributed by atoms with E-state index in [-0.39, 0.29) is 23.9 Å². The van der Waals surface area contributed by atoms with E-state index in [2.05, 4.69) is 15.2 Å². The average molecular weight is 607 g/mol. The highest BCUT2D eigenvalue weighted by molar-refractivity contribution is 7.52. The van der Waals surface area contributed by atoms with E-state index in [1.54, 1.807) is 30.3 Å². The molecule has 3 heterocycles. The summed E-state index contributed by atoms with van der Waals surface area (Å²) >= 11 is 0. The number of esters is 1. The number of nitriles is 1. The molecule has 1 aliphatic heterocycles. The number of benzene rings is 1. The van der Waals surface area contributed by atoms with Gasteiger partial charge >= 0.3 is 13.7 Å². The van der Waals surface area contributed by atoms with Gasteiger partial charge in [-0.3, -0.25) is 9.32 Å². The molecular weight excluding hydrogens is 575 g/mol. The third kappa shape index (κ3) is 6.54. The lowest BCUT2D eigenvalue weighted by Gasteiger charge is -2.28. The highest BCUT2D eigenvalue weighted by Crippen LogP contribution is 2.48. The van der Waals surface area contributed by atoms with Crippen LogP contribution in [0.1, 0.15) is 18.7 Å². The summed E-state index contributed by atoms with van der Waals surface area (Å²) in [7, 11) is -4.51. The van der Waals surface area contributed by atoms with Crippen LogP contribution < -0.4 is 15.3 Å². The first-order valence-electron chi connectivity index (χ1n) is 12.7. The van der Waals surface area contributed by atoms with Crippen molar-refractivity contribution >= 4 is 25.1 Å². The van der Waals surface area contributed by atoms with Crippen molar-refractivity contribution in [3.8, 4) is 11.8 Å².